The summed E-state index contributed by atoms with van der Waals surface area (Å²) in [5.74, 6) is 0.159. The van der Waals surface area contributed by atoms with Crippen molar-refractivity contribution in [1.82, 2.24) is 0 Å². The zero-order valence-corrected chi connectivity index (χ0v) is 12.4. The summed E-state index contributed by atoms with van der Waals surface area (Å²) in [6.07, 6.45) is 0. The molecule has 0 saturated heterocycles. The van der Waals surface area contributed by atoms with Gasteiger partial charge in [-0.25, -0.2) is 0 Å². The third-order valence-corrected chi connectivity index (χ3v) is 4.05. The minimum absolute atomic E-state index is 0.00241. The molecule has 0 aliphatic rings. The molecule has 0 saturated carbocycles. The summed E-state index contributed by atoms with van der Waals surface area (Å²) in [6, 6.07) is 12.3. The predicted octanol–water partition coefficient (Wildman–Crippen LogP) is 4.33. The van der Waals surface area contributed by atoms with Gasteiger partial charge in [0.1, 0.15) is 10.6 Å². The first-order valence-corrected chi connectivity index (χ1v) is 6.95. The summed E-state index contributed by atoms with van der Waals surface area (Å²) in [4.78, 5) is 12.1. The van der Waals surface area contributed by atoms with E-state index in [1.807, 2.05) is 32.0 Å². The highest BCUT2D eigenvalue weighted by Crippen LogP contribution is 2.32. The van der Waals surface area contributed by atoms with E-state index in [9.17, 15) is 9.90 Å². The topological polar surface area (TPSA) is 37.3 Å². The van der Waals surface area contributed by atoms with Gasteiger partial charge in [0.05, 0.1) is 0 Å². The summed E-state index contributed by atoms with van der Waals surface area (Å²) >= 11 is 3.50. The molecule has 0 amide bonds. The highest BCUT2D eigenvalue weighted by atomic mass is 79.9. The molecule has 0 aliphatic carbocycles. The normalized spacial score (nSPS) is 12.2. The van der Waals surface area contributed by atoms with Crippen molar-refractivity contribution in [2.45, 2.75) is 18.7 Å². The maximum Gasteiger partial charge on any atom is 0.180 e. The number of aryl methyl sites for hydroxylation is 2. The number of hydrogen-bond donors (Lipinski definition) is 1. The Hall–Kier alpha value is -1.61. The molecule has 0 aliphatic heterocycles. The van der Waals surface area contributed by atoms with E-state index < -0.39 is 0 Å². The molecule has 0 spiro atoms. The first-order valence-electron chi connectivity index (χ1n) is 6.04. The molecule has 2 aromatic rings. The van der Waals surface area contributed by atoms with Gasteiger partial charge in [0.25, 0.3) is 0 Å². The van der Waals surface area contributed by atoms with Crippen LogP contribution in [0, 0.1) is 13.8 Å². The van der Waals surface area contributed by atoms with Crippen molar-refractivity contribution in [3.8, 4) is 5.75 Å². The van der Waals surface area contributed by atoms with Crippen LogP contribution in [0.5, 0.6) is 5.75 Å². The fourth-order valence-corrected chi connectivity index (χ4v) is 3.12. The summed E-state index contributed by atoms with van der Waals surface area (Å²) in [5.41, 5.74) is 3.78. The third-order valence-electron chi connectivity index (χ3n) is 3.18. The first kappa shape index (κ1) is 13.8. The quantitative estimate of drug-likeness (QED) is 0.675. The molecule has 2 rings (SSSR count). The lowest BCUT2D eigenvalue weighted by Crippen LogP contribution is -2.09. The van der Waals surface area contributed by atoms with Crippen LogP contribution in [0.25, 0.3) is 0 Å². The van der Waals surface area contributed by atoms with Gasteiger partial charge in [0.2, 0.25) is 0 Å². The van der Waals surface area contributed by atoms with E-state index in [-0.39, 0.29) is 16.4 Å². The highest BCUT2D eigenvalue weighted by Gasteiger charge is 2.22. The molecule has 2 aromatic carbocycles. The third kappa shape index (κ3) is 2.87. The molecular weight excluding hydrogens is 304 g/mol. The molecule has 0 aromatic heterocycles. The van der Waals surface area contributed by atoms with Crippen LogP contribution in [0.1, 0.15) is 31.9 Å². The van der Waals surface area contributed by atoms with Crippen molar-refractivity contribution >= 4 is 21.7 Å². The lowest BCUT2D eigenvalue weighted by molar-refractivity contribution is 0.0991. The number of hydrogen-bond acceptors (Lipinski definition) is 2. The number of carbonyl (C=O) groups is 1. The van der Waals surface area contributed by atoms with Gasteiger partial charge in [0.15, 0.2) is 5.78 Å². The fraction of sp³-hybridized carbons (Fsp3) is 0.188. The van der Waals surface area contributed by atoms with E-state index >= 15 is 0 Å². The van der Waals surface area contributed by atoms with Gasteiger partial charge in [0, 0.05) is 5.56 Å². The van der Waals surface area contributed by atoms with Crippen molar-refractivity contribution in [2.75, 3.05) is 0 Å². The number of ketones is 1. The second-order valence-electron chi connectivity index (χ2n) is 4.58. The number of phenols is 1. The van der Waals surface area contributed by atoms with E-state index in [2.05, 4.69) is 15.9 Å². The standard InChI is InChI=1S/C16H15BrO2/c1-10-4-3-5-11(2)14(10)15(17)16(19)12-6-8-13(18)9-7-12/h3-9,15,18H,1-2H3. The molecule has 2 nitrogen and oxygen atoms in total. The van der Waals surface area contributed by atoms with Gasteiger partial charge in [-0.2, -0.15) is 0 Å². The summed E-state index contributed by atoms with van der Waals surface area (Å²) in [5, 5.41) is 9.26. The Labute approximate surface area is 121 Å². The summed E-state index contributed by atoms with van der Waals surface area (Å²) in [7, 11) is 0. The molecule has 1 unspecified atom stereocenters. The number of phenolic OH excluding ortho intramolecular Hbond substituents is 1. The van der Waals surface area contributed by atoms with Crippen molar-refractivity contribution in [3.63, 3.8) is 0 Å². The largest absolute Gasteiger partial charge is 0.508 e. The van der Waals surface area contributed by atoms with Gasteiger partial charge >= 0.3 is 0 Å². The molecule has 0 heterocycles. The van der Waals surface area contributed by atoms with Gasteiger partial charge in [-0.3, -0.25) is 4.79 Å². The predicted molar refractivity (Wildman–Crippen MR) is 80.0 cm³/mol. The second kappa shape index (κ2) is 5.57. The van der Waals surface area contributed by atoms with Crippen molar-refractivity contribution in [2.24, 2.45) is 0 Å². The first-order chi connectivity index (χ1) is 9.00. The lowest BCUT2D eigenvalue weighted by Gasteiger charge is -2.15. The summed E-state index contributed by atoms with van der Waals surface area (Å²) in [6.45, 7) is 4.00. The molecule has 0 bridgehead atoms. The molecule has 0 fully saturated rings. The minimum Gasteiger partial charge on any atom is -0.508 e. The van der Waals surface area contributed by atoms with Crippen LogP contribution in [-0.4, -0.2) is 10.9 Å². The monoisotopic (exact) mass is 318 g/mol. The SMILES string of the molecule is Cc1cccc(C)c1C(Br)C(=O)c1ccc(O)cc1. The van der Waals surface area contributed by atoms with Crippen LogP contribution in [-0.2, 0) is 0 Å². The average molecular weight is 319 g/mol. The van der Waals surface area contributed by atoms with Crippen molar-refractivity contribution in [1.29, 1.82) is 0 Å². The van der Waals surface area contributed by atoms with Crippen LogP contribution >= 0.6 is 15.9 Å². The second-order valence-corrected chi connectivity index (χ2v) is 5.49. The highest BCUT2D eigenvalue weighted by molar-refractivity contribution is 9.09. The lowest BCUT2D eigenvalue weighted by atomic mass is 9.95. The van der Waals surface area contributed by atoms with Crippen molar-refractivity contribution < 1.29 is 9.90 Å². The molecule has 1 atom stereocenters. The number of alkyl halides is 1. The van der Waals surface area contributed by atoms with Gasteiger partial charge < -0.3 is 5.11 Å². The van der Waals surface area contributed by atoms with E-state index in [1.165, 1.54) is 12.1 Å². The van der Waals surface area contributed by atoms with E-state index in [1.54, 1.807) is 12.1 Å². The van der Waals surface area contributed by atoms with Crippen LogP contribution in [0.2, 0.25) is 0 Å². The van der Waals surface area contributed by atoms with Crippen molar-refractivity contribution in [3.05, 3.63) is 64.7 Å². The number of Topliss-reactive ketones (excluding diaryl/α,β-unsaturated/α-hetero) is 1. The number of rotatable bonds is 3. The number of aromatic hydroxyl groups is 1. The summed E-state index contributed by atoms with van der Waals surface area (Å²) < 4.78 is 0. The Kier molecular flexibility index (Phi) is 4.05. The number of carbonyl (C=O) groups excluding carboxylic acids is 1. The fourth-order valence-electron chi connectivity index (χ4n) is 2.13. The Bertz CT molecular complexity index is 582. The van der Waals surface area contributed by atoms with Gasteiger partial charge in [-0.05, 0) is 54.8 Å². The maximum atomic E-state index is 12.4. The minimum atomic E-state index is -0.363. The maximum absolute atomic E-state index is 12.4. The van der Waals surface area contributed by atoms with E-state index in [0.29, 0.717) is 5.56 Å². The molecule has 19 heavy (non-hydrogen) atoms. The van der Waals surface area contributed by atoms with Crippen LogP contribution < -0.4 is 0 Å². The van der Waals surface area contributed by atoms with Gasteiger partial charge in [-0.1, -0.05) is 34.1 Å². The number of benzene rings is 2. The zero-order chi connectivity index (χ0) is 14.0. The number of halogens is 1. The Morgan fingerprint density at radius 3 is 2.11 bits per heavy atom. The molecule has 0 radical (unpaired) electrons. The smallest absolute Gasteiger partial charge is 0.180 e. The Morgan fingerprint density at radius 2 is 1.58 bits per heavy atom. The average Bonchev–Trinajstić information content (AvgIpc) is 2.38. The van der Waals surface area contributed by atoms with Crippen LogP contribution in [0.3, 0.4) is 0 Å². The molecule has 98 valence electrons. The van der Waals surface area contributed by atoms with E-state index in [4.69, 9.17) is 0 Å². The van der Waals surface area contributed by atoms with E-state index in [0.717, 1.165) is 16.7 Å². The van der Waals surface area contributed by atoms with Gasteiger partial charge in [-0.15, -0.1) is 0 Å². The Balaban J connectivity index is 2.36. The Morgan fingerprint density at radius 1 is 1.05 bits per heavy atom. The molecule has 3 heteroatoms. The van der Waals surface area contributed by atoms with Crippen LogP contribution in [0.15, 0.2) is 42.5 Å². The zero-order valence-electron chi connectivity index (χ0n) is 10.9. The molecule has 1 N–H and O–H groups in total. The van der Waals surface area contributed by atoms with Crippen LogP contribution in [0.4, 0.5) is 0 Å². The molecular formula is C16H15BrO2.